The van der Waals surface area contributed by atoms with Gasteiger partial charge >= 0.3 is 126 Å². The van der Waals surface area contributed by atoms with Crippen molar-refractivity contribution in [2.45, 2.75) is 0 Å². The first-order chi connectivity index (χ1) is 70.3. The third-order valence-corrected chi connectivity index (χ3v) is 25.2. The maximum Gasteiger partial charge on any atom is 2.00 e. The number of hydrogen-bond donors (Lipinski definition) is 0. The predicted molar refractivity (Wildman–Crippen MR) is 528 cm³/mol. The van der Waals surface area contributed by atoms with E-state index in [1.54, 1.807) is 150 Å². The van der Waals surface area contributed by atoms with Crippen LogP contribution in [-0.2, 0) is 211 Å². The summed E-state index contributed by atoms with van der Waals surface area (Å²) >= 11 is 0. The Morgan fingerprint density at radius 2 is 0.333 bits per heavy atom. The molecule has 150 heavy (non-hydrogen) atoms. The molecule has 24 aromatic heterocycles. The van der Waals surface area contributed by atoms with E-state index in [9.17, 15) is 0 Å². The van der Waals surface area contributed by atoms with Gasteiger partial charge in [-0.25, -0.2) is 29.9 Å². The second-order valence-electron chi connectivity index (χ2n) is 34.3. The normalized spacial score (nSPS) is 11.3. The number of nitrogens with zero attached hydrogens (tertiary/aromatic N) is 24. The van der Waals surface area contributed by atoms with E-state index in [0.717, 1.165) is 216 Å². The third kappa shape index (κ3) is 18.0. The molecule has 30 rings (SSSR count). The molecule has 0 aliphatic heterocycles. The van der Waals surface area contributed by atoms with Crippen molar-refractivity contribution in [3.05, 3.63) is 297 Å². The molecule has 0 amide bonds. The first-order valence-corrected chi connectivity index (χ1v) is 44.7. The van der Waals surface area contributed by atoms with E-state index in [1.807, 2.05) is 213 Å². The van der Waals surface area contributed by atoms with Crippen LogP contribution in [0.5, 0.6) is 0 Å². The molecule has 0 aliphatic carbocycles. The van der Waals surface area contributed by atoms with E-state index in [4.69, 9.17) is 53.0 Å². The van der Waals surface area contributed by atoms with Crippen LogP contribution in [0.25, 0.3) is 268 Å². The molecule has 0 atom stereocenters. The fourth-order valence-electron chi connectivity index (χ4n) is 17.8. The van der Waals surface area contributed by atoms with Gasteiger partial charge in [-0.05, 0) is 92.6 Å². The van der Waals surface area contributed by atoms with Gasteiger partial charge < -0.3 is 138 Å². The Morgan fingerprint density at radius 1 is 0.173 bits per heavy atom. The van der Waals surface area contributed by atoms with Crippen LogP contribution in [0, 0.1) is 73.6 Å². The molecule has 0 saturated heterocycles. The van der Waals surface area contributed by atoms with Crippen LogP contribution in [0.3, 0.4) is 0 Å². The maximum absolute atomic E-state index is 5.75. The monoisotopic (exact) mass is 3070 g/mol. The van der Waals surface area contributed by atoms with E-state index in [0.29, 0.717) is 52.0 Å². The summed E-state index contributed by atoms with van der Waals surface area (Å²) in [5.74, 6) is 13.3. The second-order valence-corrected chi connectivity index (χ2v) is 34.3. The Balaban J connectivity index is 0.000000112. The summed E-state index contributed by atoms with van der Waals surface area (Å²) < 4.78 is 91.6. The van der Waals surface area contributed by atoms with Gasteiger partial charge in [-0.1, -0.05) is 189 Å². The molecule has 42 heteroatoms. The molecule has 24 heterocycles. The van der Waals surface area contributed by atoms with Gasteiger partial charge in [-0.3, -0.25) is 0 Å². The number of fused-ring (bicyclic) bond motifs is 12. The van der Waals surface area contributed by atoms with Crippen LogP contribution < -0.4 is 0 Å². The zero-order valence-electron chi connectivity index (χ0n) is 80.3. The quantitative estimate of drug-likeness (QED) is 0.103. The summed E-state index contributed by atoms with van der Waals surface area (Å²) in [7, 11) is 23.1. The van der Waals surface area contributed by atoms with Crippen molar-refractivity contribution < 1.29 is 179 Å². The fourth-order valence-corrected chi connectivity index (χ4v) is 17.8. The molecule has 0 unspecified atom stereocenters. The number of imidazole rings is 12. The molecule has 0 fully saturated rings. The van der Waals surface area contributed by atoms with Gasteiger partial charge in [-0.2, -0.15) is 0 Å². The topological polar surface area (TPSA) is 372 Å². The van der Waals surface area contributed by atoms with Crippen molar-refractivity contribution in [2.24, 2.45) is 84.6 Å². The minimum Gasteiger partial charge on any atom is -0.522 e. The van der Waals surface area contributed by atoms with Crippen LogP contribution in [0.15, 0.2) is 276 Å². The summed E-state index contributed by atoms with van der Waals surface area (Å²) in [5, 5.41) is 15.9. The van der Waals surface area contributed by atoms with E-state index in [2.05, 4.69) is 133 Å². The zero-order chi connectivity index (χ0) is 97.6. The summed E-state index contributed by atoms with van der Waals surface area (Å²) in [6.45, 7) is 0. The number of hydrogen-bond acceptors (Lipinski definition) is 24. The first kappa shape index (κ1) is 103. The first-order valence-electron chi connectivity index (χ1n) is 44.7. The molecule has 0 aliphatic rings. The summed E-state index contributed by atoms with van der Waals surface area (Å²) in [6.07, 6.45) is 70.0. The molecule has 0 saturated carbocycles. The molecule has 0 N–H and O–H groups in total. The number of aryl methyl sites for hydroxylation is 12. The zero-order valence-corrected chi connectivity index (χ0v) is 93.9. The Labute approximate surface area is 935 Å². The van der Waals surface area contributed by atoms with Gasteiger partial charge in [0, 0.05) is 153 Å². The van der Waals surface area contributed by atoms with Crippen LogP contribution in [0.4, 0.5) is 0 Å². The largest absolute Gasteiger partial charge is 2.00 e. The molecule has 0 bridgehead atoms. The molecular weight excluding hydrogens is 3000 g/mol. The number of aromatic nitrogens is 24. The fraction of sp³-hybridized carbons (Fsp3) is 0.111. The van der Waals surface area contributed by atoms with Crippen LogP contribution >= 0.6 is 0 Å². The van der Waals surface area contributed by atoms with Crippen LogP contribution in [0.2, 0.25) is 0 Å². The van der Waals surface area contributed by atoms with Gasteiger partial charge in [0.15, 0.2) is 0 Å². The van der Waals surface area contributed by atoms with Crippen molar-refractivity contribution in [2.75, 3.05) is 0 Å². The molecule has 756 valence electrons. The minimum atomic E-state index is 0. The van der Waals surface area contributed by atoms with Gasteiger partial charge in [0.1, 0.15) is 52.2 Å². The molecular formula is C108H72N24O12Pt6. The van der Waals surface area contributed by atoms with Gasteiger partial charge in [0.25, 0.3) is 0 Å². The van der Waals surface area contributed by atoms with Crippen molar-refractivity contribution in [3.8, 4) is 138 Å². The van der Waals surface area contributed by atoms with Crippen molar-refractivity contribution in [1.29, 1.82) is 0 Å². The summed E-state index contributed by atoms with van der Waals surface area (Å²) in [4.78, 5) is 51.9. The van der Waals surface area contributed by atoms with Gasteiger partial charge in [0.2, 0.25) is 0 Å². The second kappa shape index (κ2) is 41.9. The predicted octanol–water partition coefficient (Wildman–Crippen LogP) is 21.5. The Bertz CT molecular complexity index is 8090. The van der Waals surface area contributed by atoms with Crippen LogP contribution in [0.1, 0.15) is 0 Å². The minimum absolute atomic E-state index is 0. The molecule has 0 spiro atoms. The average molecular weight is 3070 g/mol. The van der Waals surface area contributed by atoms with Crippen molar-refractivity contribution in [1.82, 2.24) is 115 Å². The summed E-state index contributed by atoms with van der Waals surface area (Å²) in [6, 6.07) is 32.3. The Hall–Kier alpha value is -15.6. The smallest absolute Gasteiger partial charge is 0.522 e. The van der Waals surface area contributed by atoms with Gasteiger partial charge in [-0.15, -0.1) is 73.6 Å². The molecule has 30 aromatic rings. The molecule has 6 aromatic carbocycles. The van der Waals surface area contributed by atoms with Crippen molar-refractivity contribution in [3.63, 3.8) is 0 Å². The SMILES string of the molecule is Cn1c[c-]nc1-c1occ2cc3occ(-c4nccn4C)c3[c-]c12.Cn1c[c-]nc1-c1occ2cc3occ(-c4nccn4C)c3[c-]c12.Cn1c[c-]nc1-c1occ2cc3occ(-c4nccn4C)c3[c-]c12.Cn1ccnc1-c1occ2cc3occ(-c4n[c-]cn4C)c3[c-]c12.Cn1ccnc1-c1occ2cc3occ(-c4n[c-]cn4C)c3[c-]c12.Cn1ccnc1-c1occ2cc3occ(-c4n[c-]cn4C)c3[c-]c12.[Pt+2].[Pt+2].[Pt+2].[Pt+2].[Pt+2].[Pt+2]. The maximum atomic E-state index is 5.75. The van der Waals surface area contributed by atoms with E-state index < -0.39 is 0 Å². The van der Waals surface area contributed by atoms with E-state index in [1.165, 1.54) is 0 Å². The Kier molecular flexibility index (Phi) is 28.8. The van der Waals surface area contributed by atoms with E-state index >= 15 is 0 Å². The molecule has 36 nitrogen and oxygen atoms in total. The van der Waals surface area contributed by atoms with Crippen molar-refractivity contribution >= 4 is 130 Å². The summed E-state index contributed by atoms with van der Waals surface area (Å²) in [5.41, 5.74) is 9.81. The average Bonchev–Trinajstić information content (AvgIpc) is 1.62. The standard InChI is InChI=1S/6C18H12N4O2.6Pt/c6*1-21-5-3-19-17(21)14-10-23-15-7-11-9-24-16(12(11)8-13(14)15)18-20-4-6-22(18)2;;;;;;/h3*4-7,9-10H,1-2H3;3*3,5-7,9-10H,1-2H3;;;;;;/q6*-2;6*+2. The van der Waals surface area contributed by atoms with E-state index in [-0.39, 0.29) is 126 Å². The molecule has 0 radical (unpaired) electrons. The number of furan rings is 12. The van der Waals surface area contributed by atoms with Crippen LogP contribution in [-0.4, -0.2) is 115 Å². The van der Waals surface area contributed by atoms with Gasteiger partial charge in [0.05, 0.1) is 89.9 Å². The Morgan fingerprint density at radius 3 is 0.493 bits per heavy atom. The number of benzene rings is 6. The number of rotatable bonds is 12. The third-order valence-electron chi connectivity index (χ3n) is 25.2.